The zero-order chi connectivity index (χ0) is 21.6. The Kier molecular flexibility index (Phi) is 5.98. The minimum Gasteiger partial charge on any atom is -0.496 e. The molecular weight excluding hydrogens is 396 g/mol. The predicted octanol–water partition coefficient (Wildman–Crippen LogP) is 4.38. The normalized spacial score (nSPS) is 10.6. The Morgan fingerprint density at radius 1 is 0.903 bits per heavy atom. The van der Waals surface area contributed by atoms with E-state index in [2.05, 4.69) is 0 Å². The number of hydrogen-bond acceptors (Lipinski definition) is 6. The monoisotopic (exact) mass is 416 g/mol. The van der Waals surface area contributed by atoms with Gasteiger partial charge < -0.3 is 18.6 Å². The van der Waals surface area contributed by atoms with Crippen molar-refractivity contribution in [1.29, 1.82) is 0 Å². The molecule has 0 N–H and O–H groups in total. The van der Waals surface area contributed by atoms with Crippen LogP contribution in [0.2, 0.25) is 0 Å². The van der Waals surface area contributed by atoms with Crippen LogP contribution in [0.4, 0.5) is 0 Å². The van der Waals surface area contributed by atoms with E-state index in [4.69, 9.17) is 18.6 Å². The number of carbonyl (C=O) groups is 1. The topological polar surface area (TPSA) is 75.0 Å². The number of carbonyl (C=O) groups excluding carboxylic acids is 1. The molecule has 1 heterocycles. The number of fused-ring (bicyclic) bond motifs is 1. The van der Waals surface area contributed by atoms with Gasteiger partial charge in [-0.05, 0) is 29.8 Å². The van der Waals surface area contributed by atoms with Crippen molar-refractivity contribution in [3.8, 4) is 17.2 Å². The predicted molar refractivity (Wildman–Crippen MR) is 116 cm³/mol. The lowest BCUT2D eigenvalue weighted by Gasteiger charge is -2.14. The Balaban J connectivity index is 1.73. The van der Waals surface area contributed by atoms with Crippen molar-refractivity contribution in [2.24, 2.45) is 0 Å². The van der Waals surface area contributed by atoms with Gasteiger partial charge in [-0.3, -0.25) is 0 Å². The lowest BCUT2D eigenvalue weighted by atomic mass is 10.0. The molecule has 0 saturated heterocycles. The second kappa shape index (κ2) is 9.17. The van der Waals surface area contributed by atoms with Crippen LogP contribution in [-0.2, 0) is 11.2 Å². The first-order chi connectivity index (χ1) is 15.2. The number of rotatable bonds is 7. The Bertz CT molecular complexity index is 1250. The maximum Gasteiger partial charge on any atom is 0.349 e. The molecule has 0 aliphatic rings. The molecule has 0 saturated carbocycles. The Hall–Kier alpha value is -4.06. The second-order valence-corrected chi connectivity index (χ2v) is 6.77. The zero-order valence-corrected chi connectivity index (χ0v) is 16.9. The van der Waals surface area contributed by atoms with Crippen LogP contribution in [0.25, 0.3) is 11.0 Å². The van der Waals surface area contributed by atoms with Gasteiger partial charge in [-0.2, -0.15) is 0 Å². The van der Waals surface area contributed by atoms with Gasteiger partial charge in [-0.15, -0.1) is 0 Å². The minimum atomic E-state index is -0.643. The van der Waals surface area contributed by atoms with E-state index in [0.717, 1.165) is 5.56 Å². The number of ether oxygens (including phenoxy) is 3. The van der Waals surface area contributed by atoms with Gasteiger partial charge in [-0.1, -0.05) is 54.6 Å². The van der Waals surface area contributed by atoms with E-state index in [1.807, 2.05) is 36.4 Å². The molecule has 6 nitrogen and oxygen atoms in total. The van der Waals surface area contributed by atoms with Gasteiger partial charge in [0.25, 0.3) is 0 Å². The summed E-state index contributed by atoms with van der Waals surface area (Å²) in [7, 11) is 1.50. The number of methoxy groups -OCH3 is 1. The van der Waals surface area contributed by atoms with E-state index in [1.165, 1.54) is 7.11 Å². The van der Waals surface area contributed by atoms with E-state index in [1.54, 1.807) is 42.5 Å². The smallest absolute Gasteiger partial charge is 0.349 e. The SMILES string of the molecule is COc1cccc2oc(=O)c(Cc3ccccc3)c(OC(=O)COc3ccccc3)c12. The summed E-state index contributed by atoms with van der Waals surface area (Å²) in [6, 6.07) is 23.4. The van der Waals surface area contributed by atoms with Gasteiger partial charge in [0.2, 0.25) is 0 Å². The highest BCUT2D eigenvalue weighted by Crippen LogP contribution is 2.36. The fraction of sp³-hybridized carbons (Fsp3) is 0.120. The van der Waals surface area contributed by atoms with Crippen LogP contribution in [0.5, 0.6) is 17.2 Å². The summed E-state index contributed by atoms with van der Waals surface area (Å²) in [6.07, 6.45) is 0.235. The molecule has 0 unspecified atom stereocenters. The largest absolute Gasteiger partial charge is 0.496 e. The van der Waals surface area contributed by atoms with Crippen molar-refractivity contribution >= 4 is 16.9 Å². The summed E-state index contributed by atoms with van der Waals surface area (Å²) in [5, 5.41) is 0.420. The summed E-state index contributed by atoms with van der Waals surface area (Å²) in [5.74, 6) is 0.450. The third-order valence-electron chi connectivity index (χ3n) is 4.70. The molecule has 0 fully saturated rings. The van der Waals surface area contributed by atoms with E-state index < -0.39 is 11.6 Å². The van der Waals surface area contributed by atoms with Crippen molar-refractivity contribution in [2.45, 2.75) is 6.42 Å². The average Bonchev–Trinajstić information content (AvgIpc) is 2.80. The van der Waals surface area contributed by atoms with E-state index >= 15 is 0 Å². The summed E-state index contributed by atoms with van der Waals surface area (Å²) >= 11 is 0. The third kappa shape index (κ3) is 4.59. The van der Waals surface area contributed by atoms with Gasteiger partial charge in [0, 0.05) is 6.42 Å². The number of hydrogen-bond donors (Lipinski definition) is 0. The van der Waals surface area contributed by atoms with Crippen molar-refractivity contribution in [3.05, 3.63) is 100 Å². The molecule has 156 valence electrons. The summed E-state index contributed by atoms with van der Waals surface area (Å²) in [5.41, 5.74) is 0.808. The standard InChI is InChI=1S/C25H20O6/c1-28-20-13-8-14-21-23(20)24(31-22(26)16-29-18-11-6-3-7-12-18)19(25(27)30-21)15-17-9-4-2-5-10-17/h2-14H,15-16H2,1H3. The van der Waals surface area contributed by atoms with E-state index in [0.29, 0.717) is 16.9 Å². The van der Waals surface area contributed by atoms with Crippen molar-refractivity contribution in [3.63, 3.8) is 0 Å². The average molecular weight is 416 g/mol. The van der Waals surface area contributed by atoms with Gasteiger partial charge in [-0.25, -0.2) is 9.59 Å². The second-order valence-electron chi connectivity index (χ2n) is 6.77. The molecule has 6 heteroatoms. The van der Waals surface area contributed by atoms with Gasteiger partial charge >= 0.3 is 11.6 Å². The van der Waals surface area contributed by atoms with Crippen LogP contribution in [0, 0.1) is 0 Å². The van der Waals surface area contributed by atoms with Crippen LogP contribution in [0.3, 0.4) is 0 Å². The molecule has 0 aliphatic carbocycles. The van der Waals surface area contributed by atoms with Gasteiger partial charge in [0.1, 0.15) is 22.5 Å². The highest BCUT2D eigenvalue weighted by atomic mass is 16.6. The number of esters is 1. The summed E-state index contributed by atoms with van der Waals surface area (Å²) in [6.45, 7) is -0.314. The quantitative estimate of drug-likeness (QED) is 0.329. The first kappa shape index (κ1) is 20.2. The summed E-state index contributed by atoms with van der Waals surface area (Å²) < 4.78 is 22.1. The van der Waals surface area contributed by atoms with E-state index in [-0.39, 0.29) is 29.9 Å². The third-order valence-corrected chi connectivity index (χ3v) is 4.70. The highest BCUT2D eigenvalue weighted by Gasteiger charge is 2.22. The van der Waals surface area contributed by atoms with Crippen molar-refractivity contribution in [1.82, 2.24) is 0 Å². The molecule has 0 amide bonds. The molecule has 0 aliphatic heterocycles. The van der Waals surface area contributed by atoms with Crippen LogP contribution in [0.15, 0.2) is 88.1 Å². The zero-order valence-electron chi connectivity index (χ0n) is 16.9. The molecule has 4 rings (SSSR count). The molecule has 0 atom stereocenters. The van der Waals surface area contributed by atoms with Crippen LogP contribution in [-0.4, -0.2) is 19.7 Å². The van der Waals surface area contributed by atoms with Crippen LogP contribution < -0.4 is 19.8 Å². The molecule has 1 aromatic heterocycles. The first-order valence-corrected chi connectivity index (χ1v) is 9.71. The molecule has 31 heavy (non-hydrogen) atoms. The molecule has 0 radical (unpaired) electrons. The Labute approximate surface area is 178 Å². The fourth-order valence-electron chi connectivity index (χ4n) is 3.26. The highest BCUT2D eigenvalue weighted by molar-refractivity contribution is 5.93. The van der Waals surface area contributed by atoms with Crippen molar-refractivity contribution in [2.75, 3.05) is 13.7 Å². The van der Waals surface area contributed by atoms with Gasteiger partial charge in [0.15, 0.2) is 12.4 Å². The Morgan fingerprint density at radius 2 is 1.61 bits per heavy atom. The van der Waals surface area contributed by atoms with Crippen LogP contribution >= 0.6 is 0 Å². The molecular formula is C25H20O6. The minimum absolute atomic E-state index is 0.120. The van der Waals surface area contributed by atoms with Crippen LogP contribution in [0.1, 0.15) is 11.1 Å². The number of para-hydroxylation sites is 1. The number of benzene rings is 3. The van der Waals surface area contributed by atoms with Gasteiger partial charge in [0.05, 0.1) is 12.7 Å². The maximum atomic E-state index is 12.8. The first-order valence-electron chi connectivity index (χ1n) is 9.71. The molecule has 3 aromatic carbocycles. The van der Waals surface area contributed by atoms with Crippen molar-refractivity contribution < 1.29 is 23.4 Å². The molecule has 0 spiro atoms. The van der Waals surface area contributed by atoms with E-state index in [9.17, 15) is 9.59 Å². The Morgan fingerprint density at radius 3 is 2.32 bits per heavy atom. The fourth-order valence-corrected chi connectivity index (χ4v) is 3.26. The molecule has 4 aromatic rings. The molecule has 0 bridgehead atoms. The lowest BCUT2D eigenvalue weighted by Crippen LogP contribution is -2.21. The lowest BCUT2D eigenvalue weighted by molar-refractivity contribution is -0.136. The maximum absolute atomic E-state index is 12.8. The summed E-state index contributed by atoms with van der Waals surface area (Å²) in [4.78, 5) is 25.4.